The number of benzene rings is 1. The molecule has 1 aliphatic rings. The Kier molecular flexibility index (Phi) is 6.43. The summed E-state index contributed by atoms with van der Waals surface area (Å²) in [5, 5.41) is 0. The first kappa shape index (κ1) is 25.2. The Morgan fingerprint density at radius 1 is 1.14 bits per heavy atom. The third kappa shape index (κ3) is 4.79. The Morgan fingerprint density at radius 2 is 1.92 bits per heavy atom. The van der Waals surface area contributed by atoms with Crippen molar-refractivity contribution in [3.63, 3.8) is 0 Å². The van der Waals surface area contributed by atoms with Gasteiger partial charge in [0.15, 0.2) is 0 Å². The number of aryl methyl sites for hydroxylation is 2. The highest BCUT2D eigenvalue weighted by molar-refractivity contribution is 7.19. The fourth-order valence-corrected chi connectivity index (χ4v) is 5.78. The van der Waals surface area contributed by atoms with E-state index in [0.29, 0.717) is 39.9 Å². The molecule has 0 bridgehead atoms. The van der Waals surface area contributed by atoms with E-state index in [2.05, 4.69) is 4.98 Å². The highest BCUT2D eigenvalue weighted by Gasteiger charge is 2.34. The number of rotatable bonds is 5. The molecule has 0 radical (unpaired) electrons. The van der Waals surface area contributed by atoms with Crippen molar-refractivity contribution in [3.8, 4) is 16.9 Å². The third-order valence-electron chi connectivity index (χ3n) is 6.55. The van der Waals surface area contributed by atoms with Crippen LogP contribution in [0.5, 0.6) is 5.75 Å². The van der Waals surface area contributed by atoms with Crippen LogP contribution in [0.3, 0.4) is 0 Å². The number of aromatic nitrogens is 3. The van der Waals surface area contributed by atoms with Crippen LogP contribution < -0.4 is 16.0 Å². The van der Waals surface area contributed by atoms with Crippen LogP contribution >= 0.6 is 11.3 Å². The maximum atomic E-state index is 14.4. The molecule has 0 N–H and O–H groups in total. The molecule has 5 rings (SSSR count). The topological polar surface area (TPSA) is 66.1 Å². The minimum absolute atomic E-state index is 0.0105. The van der Waals surface area contributed by atoms with Crippen molar-refractivity contribution in [2.75, 3.05) is 0 Å². The SMILES string of the molecule is Cc1cc(C(F)(F)F)cc(-c2ccnc3cc(Cn4c(=O)ccn(C)c4=O)sc23)c1O[C@@H]1CCC[C@@H]1F. The standard InChI is InChI=1S/C26H23F4N3O3S/c1-14-10-15(26(28,29)30)11-18(23(14)36-21-5-3-4-19(21)27)17-6-8-31-20-12-16(37-24(17)20)13-33-22(34)7-9-32(2)25(33)35/h6-12,19,21H,3-5,13H2,1-2H3/t19-,21+/m0/s1. The monoisotopic (exact) mass is 533 g/mol. The minimum atomic E-state index is -4.59. The van der Waals surface area contributed by atoms with Gasteiger partial charge in [0.25, 0.3) is 5.56 Å². The lowest BCUT2D eigenvalue weighted by atomic mass is 9.98. The summed E-state index contributed by atoms with van der Waals surface area (Å²) in [6.07, 6.45) is -2.16. The van der Waals surface area contributed by atoms with E-state index in [1.807, 2.05) is 0 Å². The summed E-state index contributed by atoms with van der Waals surface area (Å²) >= 11 is 1.23. The van der Waals surface area contributed by atoms with Crippen LogP contribution in [0.25, 0.3) is 21.3 Å². The lowest BCUT2D eigenvalue weighted by Gasteiger charge is -2.22. The predicted octanol–water partition coefficient (Wildman–Crippen LogP) is 5.47. The summed E-state index contributed by atoms with van der Waals surface area (Å²) in [6, 6.07) is 6.62. The number of halogens is 4. The number of hydrogen-bond donors (Lipinski definition) is 0. The van der Waals surface area contributed by atoms with Gasteiger partial charge in [-0.1, -0.05) is 0 Å². The van der Waals surface area contributed by atoms with Gasteiger partial charge in [-0.05, 0) is 56.0 Å². The Balaban J connectivity index is 1.65. The van der Waals surface area contributed by atoms with Gasteiger partial charge in [0.1, 0.15) is 18.0 Å². The van der Waals surface area contributed by atoms with E-state index in [0.717, 1.165) is 16.7 Å². The molecule has 0 spiro atoms. The van der Waals surface area contributed by atoms with Crippen LogP contribution in [0, 0.1) is 6.92 Å². The second-order valence-corrected chi connectivity index (χ2v) is 10.3. The second-order valence-electron chi connectivity index (χ2n) is 9.19. The average molecular weight is 534 g/mol. The molecule has 0 unspecified atom stereocenters. The Morgan fingerprint density at radius 3 is 2.62 bits per heavy atom. The van der Waals surface area contributed by atoms with Crippen molar-refractivity contribution in [1.82, 2.24) is 14.1 Å². The maximum Gasteiger partial charge on any atom is 0.416 e. The van der Waals surface area contributed by atoms with E-state index < -0.39 is 35.3 Å². The fraction of sp³-hybridized carbons (Fsp3) is 0.346. The van der Waals surface area contributed by atoms with E-state index in [1.165, 1.54) is 48.3 Å². The zero-order chi connectivity index (χ0) is 26.5. The molecule has 6 nitrogen and oxygen atoms in total. The number of pyridine rings is 1. The Bertz CT molecular complexity index is 1610. The molecule has 3 aromatic heterocycles. The molecule has 3 heterocycles. The fourth-order valence-electron chi connectivity index (χ4n) is 4.65. The van der Waals surface area contributed by atoms with Gasteiger partial charge in [-0.2, -0.15) is 13.2 Å². The van der Waals surface area contributed by atoms with Gasteiger partial charge in [0, 0.05) is 41.5 Å². The van der Waals surface area contributed by atoms with Crippen LogP contribution in [-0.4, -0.2) is 26.4 Å². The summed E-state index contributed by atoms with van der Waals surface area (Å²) in [5.74, 6) is 0.207. The van der Waals surface area contributed by atoms with Gasteiger partial charge in [0.05, 0.1) is 22.3 Å². The van der Waals surface area contributed by atoms with Gasteiger partial charge < -0.3 is 9.30 Å². The molecular weight excluding hydrogens is 510 g/mol. The molecule has 37 heavy (non-hydrogen) atoms. The first-order valence-electron chi connectivity index (χ1n) is 11.7. The van der Waals surface area contributed by atoms with Crippen molar-refractivity contribution in [2.24, 2.45) is 7.05 Å². The Hall–Kier alpha value is -3.47. The summed E-state index contributed by atoms with van der Waals surface area (Å²) in [4.78, 5) is 29.7. The lowest BCUT2D eigenvalue weighted by molar-refractivity contribution is -0.137. The number of fused-ring (bicyclic) bond motifs is 1. The van der Waals surface area contributed by atoms with Crippen molar-refractivity contribution >= 4 is 21.6 Å². The Labute approximate surface area is 212 Å². The molecule has 2 atom stereocenters. The van der Waals surface area contributed by atoms with Gasteiger partial charge >= 0.3 is 11.9 Å². The molecule has 1 aromatic carbocycles. The van der Waals surface area contributed by atoms with Gasteiger partial charge in [-0.3, -0.25) is 14.3 Å². The zero-order valence-corrected chi connectivity index (χ0v) is 20.8. The highest BCUT2D eigenvalue weighted by atomic mass is 32.1. The number of hydrogen-bond acceptors (Lipinski definition) is 5. The summed E-state index contributed by atoms with van der Waals surface area (Å²) < 4.78 is 64.6. The van der Waals surface area contributed by atoms with Gasteiger partial charge in [-0.25, -0.2) is 9.18 Å². The van der Waals surface area contributed by atoms with Crippen LogP contribution in [-0.2, 0) is 19.8 Å². The normalized spacial score (nSPS) is 18.0. The zero-order valence-electron chi connectivity index (χ0n) is 20.0. The lowest BCUT2D eigenvalue weighted by Crippen LogP contribution is -2.37. The molecule has 0 aliphatic heterocycles. The quantitative estimate of drug-likeness (QED) is 0.319. The molecule has 1 aliphatic carbocycles. The molecular formula is C26H23F4N3O3S. The maximum absolute atomic E-state index is 14.4. The van der Waals surface area contributed by atoms with Crippen molar-refractivity contribution in [1.29, 1.82) is 0 Å². The van der Waals surface area contributed by atoms with Crippen molar-refractivity contribution < 1.29 is 22.3 Å². The smallest absolute Gasteiger partial charge is 0.416 e. The van der Waals surface area contributed by atoms with Crippen molar-refractivity contribution in [2.45, 2.75) is 51.2 Å². The van der Waals surface area contributed by atoms with Crippen LogP contribution in [0.4, 0.5) is 17.6 Å². The number of alkyl halides is 4. The molecule has 11 heteroatoms. The number of thiophene rings is 1. The van der Waals surface area contributed by atoms with Gasteiger partial charge in [-0.15, -0.1) is 11.3 Å². The molecule has 1 fully saturated rings. The molecule has 4 aromatic rings. The highest BCUT2D eigenvalue weighted by Crippen LogP contribution is 2.44. The second kappa shape index (κ2) is 9.44. The molecule has 194 valence electrons. The van der Waals surface area contributed by atoms with Crippen LogP contribution in [0.1, 0.15) is 35.3 Å². The van der Waals surface area contributed by atoms with Crippen molar-refractivity contribution in [3.05, 3.63) is 79.6 Å². The van der Waals surface area contributed by atoms with E-state index in [-0.39, 0.29) is 23.4 Å². The first-order valence-corrected chi connectivity index (χ1v) is 12.5. The van der Waals surface area contributed by atoms with Crippen LogP contribution in [0.2, 0.25) is 0 Å². The molecule has 1 saturated carbocycles. The predicted molar refractivity (Wildman–Crippen MR) is 133 cm³/mol. The first-order chi connectivity index (χ1) is 17.5. The van der Waals surface area contributed by atoms with E-state index >= 15 is 0 Å². The van der Waals surface area contributed by atoms with E-state index in [9.17, 15) is 27.2 Å². The average Bonchev–Trinajstić information content (AvgIpc) is 3.45. The minimum Gasteiger partial charge on any atom is -0.486 e. The summed E-state index contributed by atoms with van der Waals surface area (Å²) in [5.41, 5.74) is -0.382. The largest absolute Gasteiger partial charge is 0.486 e. The van der Waals surface area contributed by atoms with Gasteiger partial charge in [0.2, 0.25) is 0 Å². The number of ether oxygens (including phenoxy) is 1. The summed E-state index contributed by atoms with van der Waals surface area (Å²) in [6.45, 7) is 1.51. The van der Waals surface area contributed by atoms with E-state index in [4.69, 9.17) is 4.74 Å². The molecule has 0 amide bonds. The van der Waals surface area contributed by atoms with E-state index in [1.54, 1.807) is 12.1 Å². The molecule has 0 saturated heterocycles. The van der Waals surface area contributed by atoms with Crippen LogP contribution in [0.15, 0.2) is 52.3 Å². The number of nitrogens with zero attached hydrogens (tertiary/aromatic N) is 3. The summed E-state index contributed by atoms with van der Waals surface area (Å²) in [7, 11) is 1.53. The third-order valence-corrected chi connectivity index (χ3v) is 7.69.